The van der Waals surface area contributed by atoms with Crippen molar-refractivity contribution < 1.29 is 9.59 Å². The molecule has 1 aromatic heterocycles. The molecule has 0 bridgehead atoms. The number of carbonyl (C=O) groups is 2. The zero-order chi connectivity index (χ0) is 20.1. The van der Waals surface area contributed by atoms with Crippen LogP contribution >= 0.6 is 15.9 Å². The highest BCUT2D eigenvalue weighted by Crippen LogP contribution is 2.25. The molecule has 2 aromatic rings. The number of aromatic amines is 1. The summed E-state index contributed by atoms with van der Waals surface area (Å²) >= 11 is 3.47. The molecule has 0 atom stereocenters. The van der Waals surface area contributed by atoms with Crippen molar-refractivity contribution in [1.29, 1.82) is 0 Å². The van der Waals surface area contributed by atoms with Crippen LogP contribution in [-0.2, 0) is 4.79 Å². The van der Waals surface area contributed by atoms with Crippen molar-refractivity contribution in [2.24, 2.45) is 0 Å². The molecule has 0 aliphatic carbocycles. The van der Waals surface area contributed by atoms with Crippen LogP contribution in [0.1, 0.15) is 48.8 Å². The van der Waals surface area contributed by atoms with Gasteiger partial charge in [0.1, 0.15) is 0 Å². The summed E-state index contributed by atoms with van der Waals surface area (Å²) in [5.41, 5.74) is 2.12. The van der Waals surface area contributed by atoms with E-state index in [0.717, 1.165) is 41.8 Å². The second-order valence-corrected chi connectivity index (χ2v) is 8.19. The number of anilines is 1. The van der Waals surface area contributed by atoms with Gasteiger partial charge in [0.2, 0.25) is 5.91 Å². The normalized spacial score (nSPS) is 15.6. The van der Waals surface area contributed by atoms with Crippen LogP contribution in [0.4, 0.5) is 5.69 Å². The summed E-state index contributed by atoms with van der Waals surface area (Å²) in [5, 5.41) is 13.0. The van der Waals surface area contributed by atoms with Crippen molar-refractivity contribution in [3.8, 4) is 0 Å². The van der Waals surface area contributed by atoms with E-state index in [1.54, 1.807) is 0 Å². The maximum atomic E-state index is 12.5. The molecule has 2 amide bonds. The smallest absolute Gasteiger partial charge is 0.273 e. The number of likely N-dealkylation sites (tertiary alicyclic amines) is 1. The first-order valence-electron chi connectivity index (χ1n) is 9.56. The fourth-order valence-electron chi connectivity index (χ4n) is 3.29. The lowest BCUT2D eigenvalue weighted by molar-refractivity contribution is -0.117. The quantitative estimate of drug-likeness (QED) is 0.634. The highest BCUT2D eigenvalue weighted by atomic mass is 79.9. The summed E-state index contributed by atoms with van der Waals surface area (Å²) in [4.78, 5) is 26.8. The van der Waals surface area contributed by atoms with Crippen molar-refractivity contribution in [2.75, 3.05) is 25.0 Å². The predicted molar refractivity (Wildman–Crippen MR) is 112 cm³/mol. The molecule has 0 radical (unpaired) electrons. The van der Waals surface area contributed by atoms with Gasteiger partial charge in [0, 0.05) is 24.8 Å². The number of piperidine rings is 1. The lowest BCUT2D eigenvalue weighted by Crippen LogP contribution is -2.46. The Labute approximate surface area is 173 Å². The van der Waals surface area contributed by atoms with Gasteiger partial charge in [0.25, 0.3) is 5.91 Å². The Hall–Kier alpha value is -2.19. The SMILES string of the molecule is CC(C)c1[nH]nc(C(=O)NC2CCN(CC(=O)Nc3ccccc3)CC2)c1Br. The highest BCUT2D eigenvalue weighted by molar-refractivity contribution is 9.10. The Kier molecular flexibility index (Phi) is 6.85. The summed E-state index contributed by atoms with van der Waals surface area (Å²) in [6.45, 7) is 5.99. The van der Waals surface area contributed by atoms with Gasteiger partial charge in [-0.25, -0.2) is 0 Å². The van der Waals surface area contributed by atoms with Gasteiger partial charge in [-0.15, -0.1) is 0 Å². The molecule has 28 heavy (non-hydrogen) atoms. The van der Waals surface area contributed by atoms with Crippen LogP contribution in [0.15, 0.2) is 34.8 Å². The zero-order valence-electron chi connectivity index (χ0n) is 16.2. The molecule has 0 spiro atoms. The van der Waals surface area contributed by atoms with Gasteiger partial charge in [-0.05, 0) is 46.8 Å². The number of hydrogen-bond donors (Lipinski definition) is 3. The van der Waals surface area contributed by atoms with Crippen LogP contribution < -0.4 is 10.6 Å². The van der Waals surface area contributed by atoms with Crippen molar-refractivity contribution in [3.63, 3.8) is 0 Å². The predicted octanol–water partition coefficient (Wildman–Crippen LogP) is 3.13. The molecule has 1 aliphatic rings. The Bertz CT molecular complexity index is 813. The van der Waals surface area contributed by atoms with Crippen LogP contribution in [0, 0.1) is 0 Å². The van der Waals surface area contributed by atoms with Crippen molar-refractivity contribution in [3.05, 3.63) is 46.2 Å². The first-order valence-corrected chi connectivity index (χ1v) is 10.3. The van der Waals surface area contributed by atoms with Crippen LogP contribution in [0.5, 0.6) is 0 Å². The van der Waals surface area contributed by atoms with E-state index in [1.165, 1.54) is 0 Å². The van der Waals surface area contributed by atoms with Gasteiger partial charge in [0.05, 0.1) is 16.7 Å². The molecule has 3 N–H and O–H groups in total. The number of H-pyrrole nitrogens is 1. The van der Waals surface area contributed by atoms with E-state index in [2.05, 4.69) is 41.7 Å². The van der Waals surface area contributed by atoms with Gasteiger partial charge in [-0.3, -0.25) is 19.6 Å². The van der Waals surface area contributed by atoms with Gasteiger partial charge in [-0.1, -0.05) is 32.0 Å². The van der Waals surface area contributed by atoms with E-state index >= 15 is 0 Å². The number of amides is 2. The summed E-state index contributed by atoms with van der Waals surface area (Å²) in [6, 6.07) is 9.54. The molecule has 2 heterocycles. The molecule has 1 saturated heterocycles. The van der Waals surface area contributed by atoms with Crippen molar-refractivity contribution >= 4 is 33.4 Å². The van der Waals surface area contributed by atoms with E-state index in [1.807, 2.05) is 44.2 Å². The van der Waals surface area contributed by atoms with Crippen LogP contribution in [-0.4, -0.2) is 52.6 Å². The third kappa shape index (κ3) is 5.20. The number of carbonyl (C=O) groups excluding carboxylic acids is 2. The molecule has 1 aliphatic heterocycles. The number of para-hydroxylation sites is 1. The Morgan fingerprint density at radius 1 is 1.25 bits per heavy atom. The number of rotatable bonds is 6. The molecule has 0 saturated carbocycles. The number of halogens is 1. The average Bonchev–Trinajstić information content (AvgIpc) is 3.06. The first kappa shape index (κ1) is 20.5. The number of nitrogens with zero attached hydrogens (tertiary/aromatic N) is 2. The maximum Gasteiger partial charge on any atom is 0.273 e. The molecule has 150 valence electrons. The summed E-state index contributed by atoms with van der Waals surface area (Å²) in [6.07, 6.45) is 1.62. The molecular weight excluding hydrogens is 422 g/mol. The van der Waals surface area contributed by atoms with E-state index in [4.69, 9.17) is 0 Å². The summed E-state index contributed by atoms with van der Waals surface area (Å²) in [7, 11) is 0. The minimum absolute atomic E-state index is 0.0182. The minimum atomic E-state index is -0.171. The number of nitrogens with one attached hydrogen (secondary N) is 3. The Morgan fingerprint density at radius 2 is 1.93 bits per heavy atom. The maximum absolute atomic E-state index is 12.5. The lowest BCUT2D eigenvalue weighted by Gasteiger charge is -2.31. The second kappa shape index (κ2) is 9.34. The van der Waals surface area contributed by atoms with Crippen LogP contribution in [0.2, 0.25) is 0 Å². The number of benzene rings is 1. The first-order chi connectivity index (χ1) is 13.4. The van der Waals surface area contributed by atoms with Gasteiger partial charge in [-0.2, -0.15) is 5.10 Å². The molecule has 8 heteroatoms. The monoisotopic (exact) mass is 447 g/mol. The number of hydrogen-bond acceptors (Lipinski definition) is 4. The summed E-state index contributed by atoms with van der Waals surface area (Å²) in [5.74, 6) is 0.0688. The molecule has 0 unspecified atom stereocenters. The van der Waals surface area contributed by atoms with Crippen molar-refractivity contribution in [2.45, 2.75) is 38.6 Å². The topological polar surface area (TPSA) is 90.1 Å². The Morgan fingerprint density at radius 3 is 2.54 bits per heavy atom. The van der Waals surface area contributed by atoms with Gasteiger partial charge in [0.15, 0.2) is 5.69 Å². The van der Waals surface area contributed by atoms with Crippen LogP contribution in [0.3, 0.4) is 0 Å². The molecule has 1 fully saturated rings. The second-order valence-electron chi connectivity index (χ2n) is 7.39. The Balaban J connectivity index is 1.45. The van der Waals surface area contributed by atoms with Crippen LogP contribution in [0.25, 0.3) is 0 Å². The third-order valence-corrected chi connectivity index (χ3v) is 5.68. The average molecular weight is 448 g/mol. The van der Waals surface area contributed by atoms with E-state index < -0.39 is 0 Å². The van der Waals surface area contributed by atoms with E-state index in [9.17, 15) is 9.59 Å². The standard InChI is InChI=1S/C20H26BrN5O2/c1-13(2)18-17(21)19(25-24-18)20(28)23-15-8-10-26(11-9-15)12-16(27)22-14-6-4-3-5-7-14/h3-7,13,15H,8-12H2,1-2H3,(H,22,27)(H,23,28)(H,24,25). The molecule has 1 aromatic carbocycles. The number of aromatic nitrogens is 2. The third-order valence-electron chi connectivity index (χ3n) is 4.87. The van der Waals surface area contributed by atoms with E-state index in [-0.39, 0.29) is 23.8 Å². The summed E-state index contributed by atoms with van der Waals surface area (Å²) < 4.78 is 0.731. The molecular formula is C20H26BrN5O2. The molecule has 3 rings (SSSR count). The zero-order valence-corrected chi connectivity index (χ0v) is 17.8. The van der Waals surface area contributed by atoms with Crippen molar-refractivity contribution in [1.82, 2.24) is 20.4 Å². The largest absolute Gasteiger partial charge is 0.348 e. The fraction of sp³-hybridized carbons (Fsp3) is 0.450. The minimum Gasteiger partial charge on any atom is -0.348 e. The van der Waals surface area contributed by atoms with Gasteiger partial charge < -0.3 is 10.6 Å². The highest BCUT2D eigenvalue weighted by Gasteiger charge is 2.25. The molecule has 7 nitrogen and oxygen atoms in total. The van der Waals surface area contributed by atoms with E-state index in [0.29, 0.717) is 12.2 Å². The lowest BCUT2D eigenvalue weighted by atomic mass is 10.0. The fourth-order valence-corrected chi connectivity index (χ4v) is 4.10. The van der Waals surface area contributed by atoms with Gasteiger partial charge >= 0.3 is 0 Å².